The van der Waals surface area contributed by atoms with Crippen LogP contribution >= 0.6 is 0 Å². The minimum Gasteiger partial charge on any atom is -0.307 e. The molecule has 1 heteroatoms. The van der Waals surface area contributed by atoms with Crippen LogP contribution in [-0.4, -0.2) is 6.04 Å². The molecule has 1 aromatic rings. The Kier molecular flexibility index (Phi) is 7.15. The second-order valence-electron chi connectivity index (χ2n) is 5.91. The first-order chi connectivity index (χ1) is 9.08. The summed E-state index contributed by atoms with van der Waals surface area (Å²) < 4.78 is 0. The zero-order valence-electron chi connectivity index (χ0n) is 13.4. The van der Waals surface area contributed by atoms with Crippen LogP contribution in [0.3, 0.4) is 0 Å². The van der Waals surface area contributed by atoms with Gasteiger partial charge in [-0.3, -0.25) is 0 Å². The average Bonchev–Trinajstić information content (AvgIpc) is 2.44. The van der Waals surface area contributed by atoms with E-state index in [4.69, 9.17) is 0 Å². The zero-order chi connectivity index (χ0) is 14.3. The maximum atomic E-state index is 3.71. The molecule has 0 aromatic heterocycles. The summed E-state index contributed by atoms with van der Waals surface area (Å²) in [5, 5.41) is 3.71. The fourth-order valence-corrected chi connectivity index (χ4v) is 2.36. The summed E-state index contributed by atoms with van der Waals surface area (Å²) in [6.45, 7) is 11.4. The van der Waals surface area contributed by atoms with E-state index < -0.39 is 0 Å². The smallest absolute Gasteiger partial charge is 0.0294 e. The van der Waals surface area contributed by atoms with E-state index in [1.165, 1.54) is 36.8 Å². The van der Waals surface area contributed by atoms with Crippen molar-refractivity contribution >= 4 is 0 Å². The number of benzene rings is 1. The van der Waals surface area contributed by atoms with Crippen molar-refractivity contribution < 1.29 is 0 Å². The fourth-order valence-electron chi connectivity index (χ4n) is 2.36. The fraction of sp³-hybridized carbons (Fsp3) is 0.667. The highest BCUT2D eigenvalue weighted by Gasteiger charge is 2.13. The predicted molar refractivity (Wildman–Crippen MR) is 85.5 cm³/mol. The van der Waals surface area contributed by atoms with Gasteiger partial charge in [0.25, 0.3) is 0 Å². The molecule has 19 heavy (non-hydrogen) atoms. The number of nitrogens with one attached hydrogen (secondary N) is 1. The Balaban J connectivity index is 2.55. The van der Waals surface area contributed by atoms with Crippen molar-refractivity contribution in [2.24, 2.45) is 5.92 Å². The standard InChI is InChI=1S/C18H31N/c1-6-8-9-17-10-12-18(13-11-17)16(5)19-15(4)14(3)7-2/h10-16,19H,6-9H2,1-5H3. The Morgan fingerprint density at radius 3 is 2.16 bits per heavy atom. The van der Waals surface area contributed by atoms with E-state index in [1.54, 1.807) is 0 Å². The van der Waals surface area contributed by atoms with Crippen LogP contribution in [0, 0.1) is 5.92 Å². The van der Waals surface area contributed by atoms with Gasteiger partial charge in [0.15, 0.2) is 0 Å². The molecule has 0 saturated carbocycles. The Hall–Kier alpha value is -0.820. The highest BCUT2D eigenvalue weighted by Crippen LogP contribution is 2.17. The molecular weight excluding hydrogens is 230 g/mol. The molecule has 1 aromatic carbocycles. The lowest BCUT2D eigenvalue weighted by molar-refractivity contribution is 0.360. The van der Waals surface area contributed by atoms with Gasteiger partial charge >= 0.3 is 0 Å². The summed E-state index contributed by atoms with van der Waals surface area (Å²) in [4.78, 5) is 0. The minimum absolute atomic E-state index is 0.434. The van der Waals surface area contributed by atoms with Crippen LogP contribution < -0.4 is 5.32 Å². The van der Waals surface area contributed by atoms with Gasteiger partial charge in [-0.1, -0.05) is 57.9 Å². The molecule has 0 heterocycles. The maximum absolute atomic E-state index is 3.71. The number of hydrogen-bond acceptors (Lipinski definition) is 1. The van der Waals surface area contributed by atoms with Crippen molar-refractivity contribution in [3.05, 3.63) is 35.4 Å². The van der Waals surface area contributed by atoms with E-state index in [1.807, 2.05) is 0 Å². The van der Waals surface area contributed by atoms with Crippen molar-refractivity contribution in [3.63, 3.8) is 0 Å². The summed E-state index contributed by atoms with van der Waals surface area (Å²) in [5.41, 5.74) is 2.86. The minimum atomic E-state index is 0.434. The highest BCUT2D eigenvalue weighted by atomic mass is 14.9. The molecule has 0 fully saturated rings. The van der Waals surface area contributed by atoms with Crippen LogP contribution in [0.1, 0.15) is 71.0 Å². The average molecular weight is 261 g/mol. The van der Waals surface area contributed by atoms with Gasteiger partial charge in [0.2, 0.25) is 0 Å². The van der Waals surface area contributed by atoms with E-state index in [0.717, 1.165) is 5.92 Å². The molecule has 108 valence electrons. The summed E-state index contributed by atoms with van der Waals surface area (Å²) in [7, 11) is 0. The summed E-state index contributed by atoms with van der Waals surface area (Å²) >= 11 is 0. The first-order valence-corrected chi connectivity index (χ1v) is 7.93. The number of unbranched alkanes of at least 4 members (excludes halogenated alkanes) is 1. The SMILES string of the molecule is CCCCc1ccc(C(C)NC(C)C(C)CC)cc1. The van der Waals surface area contributed by atoms with Crippen molar-refractivity contribution in [1.82, 2.24) is 5.32 Å². The monoisotopic (exact) mass is 261 g/mol. The molecule has 0 aliphatic heterocycles. The van der Waals surface area contributed by atoms with Crippen molar-refractivity contribution in [3.8, 4) is 0 Å². The van der Waals surface area contributed by atoms with Gasteiger partial charge in [0.1, 0.15) is 0 Å². The molecule has 1 rings (SSSR count). The van der Waals surface area contributed by atoms with Crippen molar-refractivity contribution in [2.75, 3.05) is 0 Å². The Morgan fingerprint density at radius 1 is 1.00 bits per heavy atom. The first-order valence-electron chi connectivity index (χ1n) is 7.93. The molecule has 0 radical (unpaired) electrons. The largest absolute Gasteiger partial charge is 0.307 e. The topological polar surface area (TPSA) is 12.0 Å². The Morgan fingerprint density at radius 2 is 1.63 bits per heavy atom. The molecule has 3 unspecified atom stereocenters. The van der Waals surface area contributed by atoms with E-state index >= 15 is 0 Å². The van der Waals surface area contributed by atoms with E-state index in [0.29, 0.717) is 12.1 Å². The number of rotatable bonds is 8. The van der Waals surface area contributed by atoms with Gasteiger partial charge in [-0.05, 0) is 43.7 Å². The second-order valence-corrected chi connectivity index (χ2v) is 5.91. The van der Waals surface area contributed by atoms with E-state index in [-0.39, 0.29) is 0 Å². The summed E-state index contributed by atoms with van der Waals surface area (Å²) in [5.74, 6) is 0.728. The Bertz CT molecular complexity index is 341. The molecule has 0 spiro atoms. The first kappa shape index (κ1) is 16.2. The third-order valence-corrected chi connectivity index (χ3v) is 4.31. The second kappa shape index (κ2) is 8.37. The van der Waals surface area contributed by atoms with Crippen LogP contribution in [-0.2, 0) is 6.42 Å². The van der Waals surface area contributed by atoms with Crippen molar-refractivity contribution in [2.45, 2.75) is 72.4 Å². The van der Waals surface area contributed by atoms with Crippen LogP contribution in [0.2, 0.25) is 0 Å². The lowest BCUT2D eigenvalue weighted by atomic mass is 9.98. The Labute approximate surface area is 119 Å². The van der Waals surface area contributed by atoms with Crippen LogP contribution in [0.25, 0.3) is 0 Å². The van der Waals surface area contributed by atoms with E-state index in [9.17, 15) is 0 Å². The third-order valence-electron chi connectivity index (χ3n) is 4.31. The molecule has 0 bridgehead atoms. The summed E-state index contributed by atoms with van der Waals surface area (Å²) in [6, 6.07) is 10.1. The third kappa shape index (κ3) is 5.36. The molecule has 0 saturated heterocycles. The molecule has 1 nitrogen and oxygen atoms in total. The maximum Gasteiger partial charge on any atom is 0.0294 e. The number of hydrogen-bond donors (Lipinski definition) is 1. The lowest BCUT2D eigenvalue weighted by Gasteiger charge is -2.25. The quantitative estimate of drug-likeness (QED) is 0.685. The van der Waals surface area contributed by atoms with Gasteiger partial charge in [-0.25, -0.2) is 0 Å². The van der Waals surface area contributed by atoms with Crippen LogP contribution in [0.4, 0.5) is 0 Å². The van der Waals surface area contributed by atoms with Gasteiger partial charge in [-0.15, -0.1) is 0 Å². The normalized spacial score (nSPS) is 16.1. The van der Waals surface area contributed by atoms with Gasteiger partial charge < -0.3 is 5.32 Å². The highest BCUT2D eigenvalue weighted by molar-refractivity contribution is 5.24. The molecule has 0 amide bonds. The van der Waals surface area contributed by atoms with Gasteiger partial charge in [0, 0.05) is 12.1 Å². The van der Waals surface area contributed by atoms with Gasteiger partial charge in [0.05, 0.1) is 0 Å². The molecular formula is C18H31N. The molecule has 0 aliphatic rings. The van der Waals surface area contributed by atoms with E-state index in [2.05, 4.69) is 64.2 Å². The molecule has 1 N–H and O–H groups in total. The molecule has 0 aliphatic carbocycles. The van der Waals surface area contributed by atoms with Crippen LogP contribution in [0.5, 0.6) is 0 Å². The lowest BCUT2D eigenvalue weighted by Crippen LogP contribution is -2.33. The zero-order valence-corrected chi connectivity index (χ0v) is 13.4. The number of aryl methyl sites for hydroxylation is 1. The van der Waals surface area contributed by atoms with Gasteiger partial charge in [-0.2, -0.15) is 0 Å². The summed E-state index contributed by atoms with van der Waals surface area (Å²) in [6.07, 6.45) is 5.00. The molecule has 3 atom stereocenters. The van der Waals surface area contributed by atoms with Crippen LogP contribution in [0.15, 0.2) is 24.3 Å². The van der Waals surface area contributed by atoms with Crippen molar-refractivity contribution in [1.29, 1.82) is 0 Å². The predicted octanol–water partition coefficient (Wildman–Crippen LogP) is 5.11.